The molecule has 1 fully saturated rings. The number of ether oxygens (including phenoxy) is 1. The van der Waals surface area contributed by atoms with Gasteiger partial charge in [0.2, 0.25) is 0 Å². The van der Waals surface area contributed by atoms with Crippen LogP contribution < -0.4 is 5.48 Å². The summed E-state index contributed by atoms with van der Waals surface area (Å²) < 4.78 is 7.66. The second-order valence-corrected chi connectivity index (χ2v) is 7.23. The van der Waals surface area contributed by atoms with Crippen molar-refractivity contribution in [1.29, 1.82) is 0 Å². The maximum absolute atomic E-state index is 12.5. The Balaban J connectivity index is 1.54. The van der Waals surface area contributed by atoms with Gasteiger partial charge >= 0.3 is 0 Å². The smallest absolute Gasteiger partial charge is 0.270 e. The van der Waals surface area contributed by atoms with Crippen LogP contribution in [0.15, 0.2) is 53.7 Å². The molecule has 0 spiro atoms. The first-order chi connectivity index (χ1) is 15.0. The molecule has 2 N–H and O–H groups in total. The van der Waals surface area contributed by atoms with Crippen molar-refractivity contribution in [3.63, 3.8) is 0 Å². The monoisotopic (exact) mass is 423 g/mol. The number of non-ortho nitro benzene ring substituents is 1. The van der Waals surface area contributed by atoms with Gasteiger partial charge in [-0.1, -0.05) is 12.1 Å². The van der Waals surface area contributed by atoms with Crippen molar-refractivity contribution < 1.29 is 19.7 Å². The van der Waals surface area contributed by atoms with E-state index in [-0.39, 0.29) is 29.7 Å². The first kappa shape index (κ1) is 20.6. The van der Waals surface area contributed by atoms with E-state index < -0.39 is 10.7 Å². The van der Waals surface area contributed by atoms with E-state index in [1.807, 2.05) is 16.2 Å². The largest absolute Gasteiger partial charge is 0.356 e. The third-order valence-electron chi connectivity index (χ3n) is 5.11. The first-order valence-electron chi connectivity index (χ1n) is 9.89. The zero-order valence-electron chi connectivity index (χ0n) is 16.6. The van der Waals surface area contributed by atoms with E-state index in [9.17, 15) is 20.1 Å². The third kappa shape index (κ3) is 4.60. The molecule has 0 saturated carbocycles. The summed E-state index contributed by atoms with van der Waals surface area (Å²) in [4.78, 5) is 27.1. The van der Waals surface area contributed by atoms with Gasteiger partial charge in [-0.2, -0.15) is 5.10 Å². The van der Waals surface area contributed by atoms with Crippen LogP contribution in [0.1, 0.15) is 42.3 Å². The zero-order valence-corrected chi connectivity index (χ0v) is 16.6. The van der Waals surface area contributed by atoms with E-state index in [0.717, 1.165) is 36.8 Å². The summed E-state index contributed by atoms with van der Waals surface area (Å²) in [6, 6.07) is 10.9. The van der Waals surface area contributed by atoms with Crippen molar-refractivity contribution in [3.05, 3.63) is 64.3 Å². The average molecular weight is 423 g/mol. The number of carbonyl (C=O) groups excluding carboxylic acids is 1. The molecule has 1 aliphatic rings. The Morgan fingerprint density at radius 3 is 2.94 bits per heavy atom. The fourth-order valence-corrected chi connectivity index (χ4v) is 3.56. The Morgan fingerprint density at radius 2 is 2.19 bits per heavy atom. The standard InChI is InChI=1S/C21H21N5O5/c27-19(14-4-3-5-17(11-14)26(29)30)12-20(24-28)23-16-7-8-18-15(10-16)13-22-25(18)21-6-1-2-9-31-21/h3-5,7-8,10-11,13,21,28H,1-2,6,9,12H2,(H,23,24). The van der Waals surface area contributed by atoms with Crippen LogP contribution in [0.25, 0.3) is 10.9 Å². The molecule has 0 bridgehead atoms. The molecule has 1 unspecified atom stereocenters. The number of aromatic nitrogens is 2. The first-order valence-corrected chi connectivity index (χ1v) is 9.89. The van der Waals surface area contributed by atoms with Gasteiger partial charge in [-0.15, -0.1) is 0 Å². The number of nitrogens with one attached hydrogen (secondary N) is 1. The Bertz CT molecular complexity index is 1150. The summed E-state index contributed by atoms with van der Waals surface area (Å²) in [6.07, 6.45) is 4.47. The molecular weight excluding hydrogens is 402 g/mol. The fourth-order valence-electron chi connectivity index (χ4n) is 3.56. The van der Waals surface area contributed by atoms with Gasteiger partial charge in [0.25, 0.3) is 5.69 Å². The summed E-state index contributed by atoms with van der Waals surface area (Å²) in [5.41, 5.74) is 3.38. The van der Waals surface area contributed by atoms with E-state index >= 15 is 0 Å². The van der Waals surface area contributed by atoms with Crippen LogP contribution in [0.2, 0.25) is 0 Å². The minimum Gasteiger partial charge on any atom is -0.356 e. The van der Waals surface area contributed by atoms with Crippen LogP contribution in [0.4, 0.5) is 11.4 Å². The second kappa shape index (κ2) is 9.02. The molecule has 10 heteroatoms. The van der Waals surface area contributed by atoms with E-state index in [2.05, 4.69) is 10.1 Å². The number of nitro groups is 1. The Hall–Kier alpha value is -3.63. The molecule has 0 aliphatic carbocycles. The van der Waals surface area contributed by atoms with Gasteiger partial charge in [-0.05, 0) is 37.5 Å². The van der Waals surface area contributed by atoms with Gasteiger partial charge < -0.3 is 4.74 Å². The molecule has 160 valence electrons. The second-order valence-electron chi connectivity index (χ2n) is 7.23. The quantitative estimate of drug-likeness (QED) is 0.202. The topological polar surface area (TPSA) is 132 Å². The number of nitrogens with zero attached hydrogens (tertiary/aromatic N) is 4. The minimum absolute atomic E-state index is 0.0267. The molecule has 1 aromatic heterocycles. The molecule has 1 saturated heterocycles. The van der Waals surface area contributed by atoms with Crippen LogP contribution in [0, 0.1) is 10.1 Å². The Morgan fingerprint density at radius 1 is 1.32 bits per heavy atom. The lowest BCUT2D eigenvalue weighted by Gasteiger charge is -2.23. The normalized spacial score (nSPS) is 16.9. The minimum atomic E-state index is -0.566. The number of hydrogen-bond acceptors (Lipinski definition) is 7. The molecule has 31 heavy (non-hydrogen) atoms. The number of Topliss-reactive ketones (excluding diaryl/α,β-unsaturated/α-hetero) is 1. The molecule has 0 radical (unpaired) electrons. The van der Waals surface area contributed by atoms with Gasteiger partial charge in [0.1, 0.15) is 5.84 Å². The molecule has 2 heterocycles. The van der Waals surface area contributed by atoms with Crippen molar-refractivity contribution in [1.82, 2.24) is 15.3 Å². The molecule has 1 atom stereocenters. The molecule has 10 nitrogen and oxygen atoms in total. The summed E-state index contributed by atoms with van der Waals surface area (Å²) >= 11 is 0. The highest BCUT2D eigenvalue weighted by Gasteiger charge is 2.19. The van der Waals surface area contributed by atoms with Gasteiger partial charge in [0.15, 0.2) is 12.0 Å². The van der Waals surface area contributed by atoms with Gasteiger partial charge in [0, 0.05) is 29.7 Å². The molecule has 2 aromatic carbocycles. The maximum atomic E-state index is 12.5. The maximum Gasteiger partial charge on any atom is 0.270 e. The van der Waals surface area contributed by atoms with E-state index in [0.29, 0.717) is 5.69 Å². The summed E-state index contributed by atoms with van der Waals surface area (Å²) in [7, 11) is 0. The van der Waals surface area contributed by atoms with Crippen molar-refractivity contribution in [2.75, 3.05) is 6.61 Å². The number of fused-ring (bicyclic) bond motifs is 1. The van der Waals surface area contributed by atoms with Crippen LogP contribution >= 0.6 is 0 Å². The Kier molecular flexibility index (Phi) is 6.01. The Labute approximate surface area is 177 Å². The lowest BCUT2D eigenvalue weighted by molar-refractivity contribution is -0.384. The van der Waals surface area contributed by atoms with Gasteiger partial charge in [0.05, 0.1) is 28.7 Å². The number of benzene rings is 2. The highest BCUT2D eigenvalue weighted by molar-refractivity contribution is 6.09. The lowest BCUT2D eigenvalue weighted by Crippen LogP contribution is -2.22. The van der Waals surface area contributed by atoms with E-state index in [4.69, 9.17) is 4.74 Å². The number of amidine groups is 1. The van der Waals surface area contributed by atoms with Crippen molar-refractivity contribution in [2.24, 2.45) is 4.99 Å². The number of rotatable bonds is 6. The number of carbonyl (C=O) groups is 1. The fraction of sp³-hybridized carbons (Fsp3) is 0.286. The third-order valence-corrected chi connectivity index (χ3v) is 5.11. The van der Waals surface area contributed by atoms with Crippen LogP contribution in [0.3, 0.4) is 0 Å². The summed E-state index contributed by atoms with van der Waals surface area (Å²) in [5.74, 6) is -0.383. The molecule has 3 aromatic rings. The average Bonchev–Trinajstić information content (AvgIpc) is 3.22. The van der Waals surface area contributed by atoms with Crippen molar-refractivity contribution in [2.45, 2.75) is 31.9 Å². The van der Waals surface area contributed by atoms with Crippen molar-refractivity contribution >= 4 is 33.9 Å². The van der Waals surface area contributed by atoms with E-state index in [1.165, 1.54) is 24.3 Å². The van der Waals surface area contributed by atoms with Crippen LogP contribution in [0.5, 0.6) is 0 Å². The van der Waals surface area contributed by atoms with E-state index in [1.54, 1.807) is 18.3 Å². The molecular formula is C21H21N5O5. The van der Waals surface area contributed by atoms with Crippen LogP contribution in [-0.4, -0.2) is 38.1 Å². The highest BCUT2D eigenvalue weighted by atomic mass is 16.6. The summed E-state index contributed by atoms with van der Waals surface area (Å²) in [6.45, 7) is 0.721. The highest BCUT2D eigenvalue weighted by Crippen LogP contribution is 2.28. The predicted molar refractivity (Wildman–Crippen MR) is 113 cm³/mol. The molecule has 0 amide bonds. The number of ketones is 1. The summed E-state index contributed by atoms with van der Waals surface area (Å²) in [5, 5.41) is 25.6. The number of aliphatic imine (C=N–C) groups is 1. The van der Waals surface area contributed by atoms with Crippen LogP contribution in [-0.2, 0) is 4.74 Å². The molecule has 1 aliphatic heterocycles. The SMILES string of the molecule is O=C(CC(=Nc1ccc2c(cnn2C2CCCCO2)c1)NO)c1cccc([N+](=O)[O-])c1. The number of hydroxylamine groups is 1. The molecule has 4 rings (SSSR count). The number of nitro benzene ring substituents is 1. The predicted octanol–water partition coefficient (Wildman–Crippen LogP) is 3.93. The van der Waals surface area contributed by atoms with Crippen molar-refractivity contribution in [3.8, 4) is 0 Å². The lowest BCUT2D eigenvalue weighted by atomic mass is 10.1. The zero-order chi connectivity index (χ0) is 21.8. The van der Waals surface area contributed by atoms with Gasteiger partial charge in [-0.25, -0.2) is 9.67 Å². The van der Waals surface area contributed by atoms with Gasteiger partial charge in [-0.3, -0.25) is 25.6 Å². The number of hydrogen-bond donors (Lipinski definition) is 2.